The van der Waals surface area contributed by atoms with Crippen molar-refractivity contribution in [3.63, 3.8) is 0 Å². The van der Waals surface area contributed by atoms with Gasteiger partial charge in [0.1, 0.15) is 17.6 Å². The quantitative estimate of drug-likeness (QED) is 0.744. The van der Waals surface area contributed by atoms with Gasteiger partial charge >= 0.3 is 5.97 Å². The Hall–Kier alpha value is -1.58. The highest BCUT2D eigenvalue weighted by Gasteiger charge is 2.57. The van der Waals surface area contributed by atoms with Gasteiger partial charge in [-0.15, -0.1) is 0 Å². The van der Waals surface area contributed by atoms with E-state index in [-0.39, 0.29) is 29.2 Å². The Bertz CT molecular complexity index is 600. The minimum absolute atomic E-state index is 0.122. The largest absolute Gasteiger partial charge is 0.469 e. The summed E-state index contributed by atoms with van der Waals surface area (Å²) in [6.07, 6.45) is 3.41. The van der Waals surface area contributed by atoms with Crippen LogP contribution in [0.25, 0.3) is 0 Å². The van der Waals surface area contributed by atoms with E-state index in [9.17, 15) is 9.59 Å². The van der Waals surface area contributed by atoms with Crippen molar-refractivity contribution in [2.24, 2.45) is 17.3 Å². The van der Waals surface area contributed by atoms with E-state index in [2.05, 4.69) is 13.8 Å². The van der Waals surface area contributed by atoms with E-state index in [1.165, 1.54) is 6.92 Å². The lowest BCUT2D eigenvalue weighted by Gasteiger charge is -2.51. The second-order valence-corrected chi connectivity index (χ2v) is 6.77. The van der Waals surface area contributed by atoms with E-state index < -0.39 is 0 Å². The van der Waals surface area contributed by atoms with E-state index in [4.69, 9.17) is 9.15 Å². The molecule has 3 rings (SSSR count). The molecule has 0 unspecified atom stereocenters. The molecule has 0 saturated heterocycles. The summed E-state index contributed by atoms with van der Waals surface area (Å²) >= 11 is 0. The molecule has 0 amide bonds. The zero-order valence-electron chi connectivity index (χ0n) is 13.1. The van der Waals surface area contributed by atoms with E-state index in [1.807, 2.05) is 6.92 Å². The van der Waals surface area contributed by atoms with Gasteiger partial charge in [0.25, 0.3) is 0 Å². The summed E-state index contributed by atoms with van der Waals surface area (Å²) in [4.78, 5) is 24.1. The Balaban J connectivity index is 2.16. The Labute approximate surface area is 124 Å². The lowest BCUT2D eigenvalue weighted by Crippen LogP contribution is -2.51. The molecule has 4 nitrogen and oxygen atoms in total. The van der Waals surface area contributed by atoms with Crippen molar-refractivity contribution in [2.45, 2.75) is 53.1 Å². The predicted molar refractivity (Wildman–Crippen MR) is 76.7 cm³/mol. The molecule has 0 aromatic carbocycles. The van der Waals surface area contributed by atoms with Gasteiger partial charge in [-0.25, -0.2) is 0 Å². The Kier molecular flexibility index (Phi) is 3.23. The highest BCUT2D eigenvalue weighted by molar-refractivity contribution is 5.83. The number of Topliss-reactive ketones (excluding diaryl/α,β-unsaturated/α-hetero) is 1. The topological polar surface area (TPSA) is 56.5 Å². The first-order valence-corrected chi connectivity index (χ1v) is 7.62. The Morgan fingerprint density at radius 1 is 1.48 bits per heavy atom. The lowest BCUT2D eigenvalue weighted by atomic mass is 9.54. The molecule has 0 radical (unpaired) electrons. The minimum Gasteiger partial charge on any atom is -0.469 e. The smallest absolute Gasteiger partial charge is 0.303 e. The number of hydrogen-bond donors (Lipinski definition) is 0. The number of carbonyl (C=O) groups excluding carboxylic acids is 2. The van der Waals surface area contributed by atoms with Crippen molar-refractivity contribution in [1.29, 1.82) is 0 Å². The van der Waals surface area contributed by atoms with Crippen molar-refractivity contribution in [3.8, 4) is 0 Å². The molecule has 1 aromatic rings. The van der Waals surface area contributed by atoms with Gasteiger partial charge in [-0.3, -0.25) is 9.59 Å². The zero-order valence-corrected chi connectivity index (χ0v) is 13.1. The Morgan fingerprint density at radius 2 is 2.19 bits per heavy atom. The van der Waals surface area contributed by atoms with Crippen LogP contribution in [0.15, 0.2) is 10.7 Å². The van der Waals surface area contributed by atoms with Crippen LogP contribution in [0.1, 0.15) is 56.6 Å². The average Bonchev–Trinajstić information content (AvgIpc) is 2.78. The number of rotatable bonds is 1. The highest BCUT2D eigenvalue weighted by Crippen LogP contribution is 2.58. The molecule has 2 aliphatic carbocycles. The van der Waals surface area contributed by atoms with Crippen molar-refractivity contribution >= 4 is 11.8 Å². The zero-order chi connectivity index (χ0) is 15.4. The molecule has 1 fully saturated rings. The second-order valence-electron chi connectivity index (χ2n) is 6.77. The number of carbonyl (C=O) groups is 2. The van der Waals surface area contributed by atoms with Crippen LogP contribution in [0.4, 0.5) is 0 Å². The van der Waals surface area contributed by atoms with Gasteiger partial charge in [0.05, 0.1) is 6.26 Å². The fraction of sp³-hybridized carbons (Fsp3) is 0.647. The van der Waals surface area contributed by atoms with Crippen LogP contribution >= 0.6 is 0 Å². The van der Waals surface area contributed by atoms with Crippen LogP contribution in [0.5, 0.6) is 0 Å². The maximum Gasteiger partial charge on any atom is 0.303 e. The second kappa shape index (κ2) is 4.72. The van der Waals surface area contributed by atoms with E-state index >= 15 is 0 Å². The number of ketones is 1. The summed E-state index contributed by atoms with van der Waals surface area (Å²) in [5.74, 6) is 0.977. The normalized spacial score (nSPS) is 35.0. The van der Waals surface area contributed by atoms with Gasteiger partial charge in [0.15, 0.2) is 0 Å². The molecule has 4 heteroatoms. The molecule has 0 aliphatic heterocycles. The van der Waals surface area contributed by atoms with Crippen LogP contribution in [0.2, 0.25) is 0 Å². The predicted octanol–water partition coefficient (Wildman–Crippen LogP) is 3.37. The standard InChI is InChI=1S/C17H22O4/c1-9-8-20-14-7-12-13(19)6-5-10(2)17(12,4)16(15(9)14)21-11(3)18/h8,10,12,16H,5-7H2,1-4H3/t10-,12-,16+,17+/m0/s1. The van der Waals surface area contributed by atoms with Gasteiger partial charge in [0.2, 0.25) is 0 Å². The maximum atomic E-state index is 12.4. The fourth-order valence-electron chi connectivity index (χ4n) is 4.17. The number of esters is 1. The van der Waals surface area contributed by atoms with Gasteiger partial charge in [-0.1, -0.05) is 13.8 Å². The van der Waals surface area contributed by atoms with E-state index in [0.717, 1.165) is 23.3 Å². The molecule has 0 spiro atoms. The summed E-state index contributed by atoms with van der Waals surface area (Å²) in [7, 11) is 0. The van der Waals surface area contributed by atoms with Crippen molar-refractivity contribution in [3.05, 3.63) is 23.2 Å². The summed E-state index contributed by atoms with van der Waals surface area (Å²) in [6, 6.07) is 0. The van der Waals surface area contributed by atoms with Crippen LogP contribution < -0.4 is 0 Å². The number of fused-ring (bicyclic) bond motifs is 2. The van der Waals surface area contributed by atoms with Crippen molar-refractivity contribution < 1.29 is 18.7 Å². The third kappa shape index (κ3) is 1.95. The van der Waals surface area contributed by atoms with Gasteiger partial charge < -0.3 is 9.15 Å². The number of aryl methyl sites for hydroxylation is 1. The van der Waals surface area contributed by atoms with Crippen LogP contribution in [0.3, 0.4) is 0 Å². The van der Waals surface area contributed by atoms with Crippen molar-refractivity contribution in [2.75, 3.05) is 0 Å². The molecule has 1 heterocycles. The number of furan rings is 1. The van der Waals surface area contributed by atoms with Crippen LogP contribution in [0, 0.1) is 24.2 Å². The summed E-state index contributed by atoms with van der Waals surface area (Å²) in [5, 5.41) is 0. The minimum atomic E-state index is -0.387. The van der Waals surface area contributed by atoms with E-state index in [0.29, 0.717) is 18.8 Å². The SMILES string of the molecule is CC(=O)O[C@@H]1c2c(C)coc2C[C@H]2C(=O)CC[C@H](C)[C@@]12C. The molecule has 4 atom stereocenters. The van der Waals surface area contributed by atoms with Crippen LogP contribution in [-0.2, 0) is 20.7 Å². The van der Waals surface area contributed by atoms with Crippen molar-refractivity contribution in [1.82, 2.24) is 0 Å². The molecular formula is C17H22O4. The van der Waals surface area contributed by atoms with Gasteiger partial charge in [-0.05, 0) is 24.8 Å². The first-order valence-electron chi connectivity index (χ1n) is 7.62. The average molecular weight is 290 g/mol. The summed E-state index contributed by atoms with van der Waals surface area (Å²) in [6.45, 7) is 7.66. The first kappa shape index (κ1) is 14.4. The summed E-state index contributed by atoms with van der Waals surface area (Å²) in [5.41, 5.74) is 1.63. The fourth-order valence-corrected chi connectivity index (χ4v) is 4.17. The highest BCUT2D eigenvalue weighted by atomic mass is 16.5. The lowest BCUT2D eigenvalue weighted by molar-refractivity contribution is -0.171. The maximum absolute atomic E-state index is 12.4. The van der Waals surface area contributed by atoms with Crippen LogP contribution in [-0.4, -0.2) is 11.8 Å². The molecule has 1 aromatic heterocycles. The monoisotopic (exact) mass is 290 g/mol. The number of hydrogen-bond acceptors (Lipinski definition) is 4. The number of ether oxygens (including phenoxy) is 1. The third-order valence-electron chi connectivity index (χ3n) is 5.63. The molecule has 0 bridgehead atoms. The molecule has 21 heavy (non-hydrogen) atoms. The molecule has 1 saturated carbocycles. The molecule has 114 valence electrons. The van der Waals surface area contributed by atoms with Gasteiger partial charge in [-0.2, -0.15) is 0 Å². The van der Waals surface area contributed by atoms with E-state index in [1.54, 1.807) is 6.26 Å². The summed E-state index contributed by atoms with van der Waals surface area (Å²) < 4.78 is 11.3. The Morgan fingerprint density at radius 3 is 2.86 bits per heavy atom. The molecular weight excluding hydrogens is 268 g/mol. The first-order chi connectivity index (χ1) is 9.85. The molecule has 0 N–H and O–H groups in total. The molecule has 2 aliphatic rings. The van der Waals surface area contributed by atoms with Gasteiger partial charge in [0, 0.05) is 36.7 Å². The third-order valence-corrected chi connectivity index (χ3v) is 5.63.